The lowest BCUT2D eigenvalue weighted by Gasteiger charge is -2.23. The second-order valence-corrected chi connectivity index (χ2v) is 6.73. The van der Waals surface area contributed by atoms with Crippen molar-refractivity contribution in [3.63, 3.8) is 0 Å². The minimum atomic E-state index is -0.299. The molecule has 0 radical (unpaired) electrons. The van der Waals surface area contributed by atoms with Crippen molar-refractivity contribution in [2.24, 2.45) is 0 Å². The molecule has 132 valence electrons. The Morgan fingerprint density at radius 2 is 2.28 bits per heavy atom. The van der Waals surface area contributed by atoms with E-state index < -0.39 is 0 Å². The summed E-state index contributed by atoms with van der Waals surface area (Å²) < 4.78 is 17.3. The number of aryl methyl sites for hydroxylation is 1. The van der Waals surface area contributed by atoms with Crippen LogP contribution in [0.15, 0.2) is 35.3 Å². The van der Waals surface area contributed by atoms with Crippen molar-refractivity contribution in [3.05, 3.63) is 47.9 Å². The van der Waals surface area contributed by atoms with Crippen LogP contribution in [0.3, 0.4) is 0 Å². The number of ether oxygens (including phenoxy) is 2. The molecule has 1 amide bonds. The highest BCUT2D eigenvalue weighted by Crippen LogP contribution is 2.37. The summed E-state index contributed by atoms with van der Waals surface area (Å²) in [5, 5.41) is 0. The second-order valence-electron chi connectivity index (χ2n) is 6.73. The Hall–Kier alpha value is -2.25. The van der Waals surface area contributed by atoms with Crippen molar-refractivity contribution in [3.8, 4) is 0 Å². The Morgan fingerprint density at radius 3 is 3.04 bits per heavy atom. The molecule has 1 spiro atoms. The van der Waals surface area contributed by atoms with Crippen LogP contribution >= 0.6 is 0 Å². The number of aromatic nitrogens is 2. The topological polar surface area (TPSA) is 77.7 Å². The Morgan fingerprint density at radius 1 is 1.44 bits per heavy atom. The normalized spacial score (nSPS) is 25.8. The zero-order chi connectivity index (χ0) is 17.3. The summed E-state index contributed by atoms with van der Waals surface area (Å²) in [5.41, 5.74) is 1.42. The molecular formula is C18H21N3O4. The highest BCUT2D eigenvalue weighted by atomic mass is 16.6. The van der Waals surface area contributed by atoms with Crippen LogP contribution in [0, 0.1) is 6.92 Å². The fourth-order valence-electron chi connectivity index (χ4n) is 3.56. The van der Waals surface area contributed by atoms with Crippen molar-refractivity contribution < 1.29 is 18.7 Å². The molecule has 7 heteroatoms. The fourth-order valence-corrected chi connectivity index (χ4v) is 3.56. The molecule has 0 aromatic carbocycles. The van der Waals surface area contributed by atoms with E-state index in [1.165, 1.54) is 6.39 Å². The number of pyridine rings is 1. The first-order valence-electron chi connectivity index (χ1n) is 8.49. The second kappa shape index (κ2) is 6.57. The number of oxazole rings is 1. The molecule has 2 fully saturated rings. The molecule has 0 aliphatic carbocycles. The predicted octanol–water partition coefficient (Wildman–Crippen LogP) is 1.97. The van der Waals surface area contributed by atoms with E-state index in [0.717, 1.165) is 18.4 Å². The fraction of sp³-hybridized carbons (Fsp3) is 0.500. The summed E-state index contributed by atoms with van der Waals surface area (Å²) in [7, 11) is 0. The smallest absolute Gasteiger partial charge is 0.291 e. The maximum absolute atomic E-state index is 12.6. The molecule has 0 unspecified atom stereocenters. The predicted molar refractivity (Wildman–Crippen MR) is 87.9 cm³/mol. The highest BCUT2D eigenvalue weighted by Gasteiger charge is 2.47. The first-order chi connectivity index (χ1) is 12.2. The first-order valence-corrected chi connectivity index (χ1v) is 8.49. The third-order valence-corrected chi connectivity index (χ3v) is 4.95. The van der Waals surface area contributed by atoms with Gasteiger partial charge in [-0.05, 0) is 31.0 Å². The van der Waals surface area contributed by atoms with E-state index in [0.29, 0.717) is 37.8 Å². The molecule has 0 saturated carbocycles. The molecule has 0 bridgehead atoms. The number of carbonyl (C=O) groups is 1. The van der Waals surface area contributed by atoms with Gasteiger partial charge in [0.15, 0.2) is 6.39 Å². The maximum Gasteiger partial charge on any atom is 0.291 e. The van der Waals surface area contributed by atoms with Crippen LogP contribution in [0.1, 0.15) is 34.7 Å². The summed E-state index contributed by atoms with van der Waals surface area (Å²) in [6.45, 7) is 4.12. The third-order valence-electron chi connectivity index (χ3n) is 4.95. The Bertz CT molecular complexity index is 748. The Labute approximate surface area is 146 Å². The number of hydrogen-bond donors (Lipinski definition) is 0. The van der Waals surface area contributed by atoms with Crippen LogP contribution in [-0.2, 0) is 16.1 Å². The van der Waals surface area contributed by atoms with E-state index in [1.54, 1.807) is 24.2 Å². The van der Waals surface area contributed by atoms with Gasteiger partial charge in [0.1, 0.15) is 0 Å². The molecule has 4 heterocycles. The minimum absolute atomic E-state index is 0.0511. The van der Waals surface area contributed by atoms with E-state index in [9.17, 15) is 4.79 Å². The minimum Gasteiger partial charge on any atom is -0.438 e. The number of amides is 1. The van der Waals surface area contributed by atoms with Gasteiger partial charge in [-0.15, -0.1) is 0 Å². The van der Waals surface area contributed by atoms with Gasteiger partial charge >= 0.3 is 0 Å². The number of carbonyl (C=O) groups excluding carboxylic acids is 1. The lowest BCUT2D eigenvalue weighted by Crippen LogP contribution is -2.36. The van der Waals surface area contributed by atoms with Crippen molar-refractivity contribution in [1.29, 1.82) is 0 Å². The molecule has 7 nitrogen and oxygen atoms in total. The summed E-state index contributed by atoms with van der Waals surface area (Å²) in [5.74, 6) is 0.206. The van der Waals surface area contributed by atoms with Crippen molar-refractivity contribution in [2.75, 3.05) is 19.7 Å². The van der Waals surface area contributed by atoms with Crippen LogP contribution in [0.2, 0.25) is 0 Å². The highest BCUT2D eigenvalue weighted by molar-refractivity contribution is 5.92. The van der Waals surface area contributed by atoms with Gasteiger partial charge in [0.05, 0.1) is 37.2 Å². The van der Waals surface area contributed by atoms with Gasteiger partial charge in [0.25, 0.3) is 5.91 Å². The molecular weight excluding hydrogens is 322 g/mol. The van der Waals surface area contributed by atoms with Crippen molar-refractivity contribution in [1.82, 2.24) is 14.9 Å². The van der Waals surface area contributed by atoms with Crippen molar-refractivity contribution in [2.45, 2.75) is 38.1 Å². The van der Waals surface area contributed by atoms with Gasteiger partial charge in [-0.25, -0.2) is 4.98 Å². The lowest BCUT2D eigenvalue weighted by atomic mass is 9.98. The van der Waals surface area contributed by atoms with Gasteiger partial charge in [-0.1, -0.05) is 0 Å². The quantitative estimate of drug-likeness (QED) is 0.845. The number of rotatable bonds is 4. The van der Waals surface area contributed by atoms with Gasteiger partial charge in [0.2, 0.25) is 5.76 Å². The summed E-state index contributed by atoms with van der Waals surface area (Å²) in [4.78, 5) is 22.3. The van der Waals surface area contributed by atoms with Crippen LogP contribution in [0.25, 0.3) is 0 Å². The maximum atomic E-state index is 12.6. The van der Waals surface area contributed by atoms with E-state index in [4.69, 9.17) is 13.9 Å². The lowest BCUT2D eigenvalue weighted by molar-refractivity contribution is 0.0000968. The third kappa shape index (κ3) is 3.29. The van der Waals surface area contributed by atoms with Crippen LogP contribution in [-0.4, -0.2) is 52.2 Å². The zero-order valence-electron chi connectivity index (χ0n) is 14.2. The number of nitrogens with zero attached hydrogens (tertiary/aromatic N) is 3. The SMILES string of the molecule is Cc1ncoc1C(=O)N1CC[C@]2(C[C@H](OCc3ccncc3)CO2)C1. The molecule has 2 aliphatic heterocycles. The van der Waals surface area contributed by atoms with E-state index in [-0.39, 0.29) is 17.6 Å². The van der Waals surface area contributed by atoms with Gasteiger partial charge in [-0.3, -0.25) is 9.78 Å². The molecule has 2 atom stereocenters. The van der Waals surface area contributed by atoms with E-state index in [1.807, 2.05) is 12.1 Å². The summed E-state index contributed by atoms with van der Waals surface area (Å²) in [6.07, 6.45) is 6.51. The molecule has 2 saturated heterocycles. The van der Waals surface area contributed by atoms with Gasteiger partial charge < -0.3 is 18.8 Å². The number of hydrogen-bond acceptors (Lipinski definition) is 6. The summed E-state index contributed by atoms with van der Waals surface area (Å²) >= 11 is 0. The van der Waals surface area contributed by atoms with Crippen LogP contribution in [0.4, 0.5) is 0 Å². The summed E-state index contributed by atoms with van der Waals surface area (Å²) in [6, 6.07) is 3.89. The molecule has 2 aromatic rings. The van der Waals surface area contributed by atoms with Crippen LogP contribution < -0.4 is 0 Å². The van der Waals surface area contributed by atoms with Gasteiger partial charge in [-0.2, -0.15) is 0 Å². The zero-order valence-corrected chi connectivity index (χ0v) is 14.2. The van der Waals surface area contributed by atoms with E-state index >= 15 is 0 Å². The average Bonchev–Trinajstić information content (AvgIpc) is 3.35. The number of likely N-dealkylation sites (tertiary alicyclic amines) is 1. The first kappa shape index (κ1) is 16.2. The Kier molecular flexibility index (Phi) is 4.27. The molecule has 25 heavy (non-hydrogen) atoms. The largest absolute Gasteiger partial charge is 0.438 e. The monoisotopic (exact) mass is 343 g/mol. The Balaban J connectivity index is 1.33. The average molecular weight is 343 g/mol. The van der Waals surface area contributed by atoms with E-state index in [2.05, 4.69) is 9.97 Å². The molecule has 2 aromatic heterocycles. The molecule has 2 aliphatic rings. The molecule has 0 N–H and O–H groups in total. The standard InChI is InChI=1S/C18H21N3O4/c1-13-16(24-12-20-13)17(22)21-7-4-18(11-21)8-15(10-25-18)23-9-14-2-5-19-6-3-14/h2-3,5-6,12,15H,4,7-11H2,1H3/t15-,18-/m0/s1. The van der Waals surface area contributed by atoms with Gasteiger partial charge in [0, 0.05) is 25.4 Å². The van der Waals surface area contributed by atoms with Crippen LogP contribution in [0.5, 0.6) is 0 Å². The van der Waals surface area contributed by atoms with Crippen molar-refractivity contribution >= 4 is 5.91 Å². The molecule has 4 rings (SSSR count).